The van der Waals surface area contributed by atoms with E-state index in [1.165, 1.54) is 0 Å². The van der Waals surface area contributed by atoms with E-state index in [0.29, 0.717) is 6.42 Å². The summed E-state index contributed by atoms with van der Waals surface area (Å²) in [5.74, 6) is -2.45. The molecule has 0 aromatic rings. The summed E-state index contributed by atoms with van der Waals surface area (Å²) in [5.41, 5.74) is 0. The first kappa shape index (κ1) is 25.4. The number of rotatable bonds is 2. The molecule has 0 aliphatic rings. The van der Waals surface area contributed by atoms with E-state index in [-0.39, 0.29) is 6.42 Å². The van der Waals surface area contributed by atoms with E-state index in [4.69, 9.17) is 61.3 Å². The van der Waals surface area contributed by atoms with Gasteiger partial charge in [-0.3, -0.25) is 0 Å². The Morgan fingerprint density at radius 2 is 1.00 bits per heavy atom. The zero-order valence-corrected chi connectivity index (χ0v) is 9.39. The van der Waals surface area contributed by atoms with Crippen LogP contribution in [0.5, 0.6) is 0 Å². The SMILES string of the molecule is CCCC(O)(O)O.O=[N+]([O-])O.O=[N+]([O-])O.O=[N+]([O-])O. The van der Waals surface area contributed by atoms with Gasteiger partial charge in [0.2, 0.25) is 0 Å². The third-order valence-corrected chi connectivity index (χ3v) is 0.585. The molecule has 6 N–H and O–H groups in total. The molecular weight excluding hydrogens is 282 g/mol. The molecule has 19 heavy (non-hydrogen) atoms. The van der Waals surface area contributed by atoms with Crippen molar-refractivity contribution in [3.8, 4) is 0 Å². The Hall–Kier alpha value is -2.52. The Labute approximate surface area is 103 Å². The molecule has 116 valence electrons. The predicted octanol–water partition coefficient (Wildman–Crippen LogP) is -1.63. The highest BCUT2D eigenvalue weighted by molar-refractivity contribution is 4.41. The van der Waals surface area contributed by atoms with E-state index < -0.39 is 21.2 Å². The molecule has 0 bridgehead atoms. The molecule has 15 heteroatoms. The number of hydrogen-bond donors (Lipinski definition) is 6. The Balaban J connectivity index is -0.0000000825. The van der Waals surface area contributed by atoms with Gasteiger partial charge in [-0.25, -0.2) is 0 Å². The van der Waals surface area contributed by atoms with Crippen LogP contribution in [0.2, 0.25) is 0 Å². The van der Waals surface area contributed by atoms with E-state index in [1.54, 1.807) is 6.92 Å². The maximum absolute atomic E-state index is 8.36. The molecule has 0 radical (unpaired) electrons. The number of nitrogens with zero attached hydrogens (tertiary/aromatic N) is 3. The molecule has 0 unspecified atom stereocenters. The topological polar surface area (TPSA) is 251 Å². The lowest BCUT2D eigenvalue weighted by Gasteiger charge is -2.10. The van der Waals surface area contributed by atoms with Crippen LogP contribution in [-0.4, -0.2) is 52.2 Å². The second-order valence-electron chi connectivity index (χ2n) is 2.24. The van der Waals surface area contributed by atoms with Gasteiger partial charge in [0.15, 0.2) is 0 Å². The summed E-state index contributed by atoms with van der Waals surface area (Å²) >= 11 is 0. The average molecular weight is 295 g/mol. The maximum Gasteiger partial charge on any atom is 0.291 e. The smallest absolute Gasteiger partial charge is 0.291 e. The highest BCUT2D eigenvalue weighted by Gasteiger charge is 2.14. The molecule has 0 amide bonds. The molecule has 0 aromatic carbocycles. The van der Waals surface area contributed by atoms with E-state index in [9.17, 15) is 0 Å². The van der Waals surface area contributed by atoms with Crippen LogP contribution in [0.15, 0.2) is 0 Å². The van der Waals surface area contributed by atoms with Crippen molar-refractivity contribution in [2.45, 2.75) is 25.7 Å². The van der Waals surface area contributed by atoms with Gasteiger partial charge in [-0.15, -0.1) is 30.3 Å². The van der Waals surface area contributed by atoms with Gasteiger partial charge in [-0.05, 0) is 6.42 Å². The van der Waals surface area contributed by atoms with Gasteiger partial charge in [-0.1, -0.05) is 6.92 Å². The van der Waals surface area contributed by atoms with Crippen LogP contribution in [0, 0.1) is 30.3 Å². The standard InChI is InChI=1S/C4H10O3.3HNO3/c1-2-3-4(5,6)7;3*2-1(3)4/h5-7H,2-3H2,1H3;3*(H,2,3,4). The van der Waals surface area contributed by atoms with E-state index in [1.807, 2.05) is 0 Å². The monoisotopic (exact) mass is 295 g/mol. The van der Waals surface area contributed by atoms with E-state index in [2.05, 4.69) is 0 Å². The van der Waals surface area contributed by atoms with Crippen LogP contribution in [0.4, 0.5) is 0 Å². The van der Waals surface area contributed by atoms with Crippen molar-refractivity contribution in [2.75, 3.05) is 0 Å². The Morgan fingerprint density at radius 3 is 1.00 bits per heavy atom. The average Bonchev–Trinajstić information content (AvgIpc) is 1.96. The van der Waals surface area contributed by atoms with Crippen molar-refractivity contribution in [2.24, 2.45) is 0 Å². The maximum atomic E-state index is 8.36. The summed E-state index contributed by atoms with van der Waals surface area (Å²) in [6.45, 7) is 1.75. The fourth-order valence-electron chi connectivity index (χ4n) is 0.335. The molecule has 0 rings (SSSR count). The van der Waals surface area contributed by atoms with E-state index >= 15 is 0 Å². The first-order valence-electron chi connectivity index (χ1n) is 3.93. The summed E-state index contributed by atoms with van der Waals surface area (Å²) < 4.78 is 0. The Kier molecular flexibility index (Phi) is 20.7. The van der Waals surface area contributed by atoms with Crippen molar-refractivity contribution in [3.63, 3.8) is 0 Å². The van der Waals surface area contributed by atoms with Crippen LogP contribution in [0.3, 0.4) is 0 Å². The lowest BCUT2D eigenvalue weighted by molar-refractivity contribution is -0.742. The number of hydrogen-bond acceptors (Lipinski definition) is 9. The summed E-state index contributed by atoms with van der Waals surface area (Å²) in [6.07, 6.45) is 0.566. The van der Waals surface area contributed by atoms with Gasteiger partial charge in [0, 0.05) is 6.42 Å². The Morgan fingerprint density at radius 1 is 0.842 bits per heavy atom. The predicted molar refractivity (Wildman–Crippen MR) is 50.6 cm³/mol. The minimum atomic E-state index is -2.45. The summed E-state index contributed by atoms with van der Waals surface area (Å²) in [5, 5.41) is 65.3. The van der Waals surface area contributed by atoms with Crippen LogP contribution < -0.4 is 0 Å². The normalized spacial score (nSPS) is 8.21. The molecular formula is C4H13N3O12. The lowest BCUT2D eigenvalue weighted by atomic mass is 10.3. The summed E-state index contributed by atoms with van der Waals surface area (Å²) in [6, 6.07) is 0. The molecule has 0 aromatic heterocycles. The van der Waals surface area contributed by atoms with Crippen molar-refractivity contribution in [1.29, 1.82) is 0 Å². The van der Waals surface area contributed by atoms with Gasteiger partial charge >= 0.3 is 0 Å². The molecule has 0 fully saturated rings. The second-order valence-corrected chi connectivity index (χ2v) is 2.24. The molecule has 0 atom stereocenters. The lowest BCUT2D eigenvalue weighted by Crippen LogP contribution is -2.26. The summed E-state index contributed by atoms with van der Waals surface area (Å²) in [4.78, 5) is 25.1. The molecule has 0 saturated heterocycles. The fraction of sp³-hybridized carbons (Fsp3) is 1.00. The Bertz CT molecular complexity index is 207. The van der Waals surface area contributed by atoms with Gasteiger partial charge in [0.05, 0.1) is 0 Å². The summed E-state index contributed by atoms with van der Waals surface area (Å²) in [7, 11) is 0. The molecule has 0 saturated carbocycles. The molecule has 0 spiro atoms. The third kappa shape index (κ3) is 1280. The second kappa shape index (κ2) is 15.5. The van der Waals surface area contributed by atoms with Crippen molar-refractivity contribution >= 4 is 0 Å². The van der Waals surface area contributed by atoms with Crippen LogP contribution in [-0.2, 0) is 0 Å². The van der Waals surface area contributed by atoms with Gasteiger partial charge in [-0.2, -0.15) is 0 Å². The highest BCUT2D eigenvalue weighted by atomic mass is 16.9. The minimum absolute atomic E-state index is 0.00694. The first-order chi connectivity index (χ1) is 8.26. The molecule has 0 heterocycles. The van der Waals surface area contributed by atoms with Gasteiger partial charge in [0.1, 0.15) is 0 Å². The van der Waals surface area contributed by atoms with Crippen LogP contribution in [0.1, 0.15) is 19.8 Å². The van der Waals surface area contributed by atoms with Gasteiger partial charge < -0.3 is 30.9 Å². The van der Waals surface area contributed by atoms with Crippen molar-refractivity contribution < 1.29 is 46.2 Å². The van der Waals surface area contributed by atoms with Crippen LogP contribution >= 0.6 is 0 Å². The first-order valence-corrected chi connectivity index (χ1v) is 3.93. The highest BCUT2D eigenvalue weighted by Crippen LogP contribution is 2.01. The molecule has 15 nitrogen and oxygen atoms in total. The molecule has 0 aliphatic heterocycles. The minimum Gasteiger partial charge on any atom is -0.344 e. The fourth-order valence-corrected chi connectivity index (χ4v) is 0.335. The zero-order valence-electron chi connectivity index (χ0n) is 9.39. The molecule has 0 aliphatic carbocycles. The van der Waals surface area contributed by atoms with Crippen molar-refractivity contribution in [1.82, 2.24) is 0 Å². The third-order valence-electron chi connectivity index (χ3n) is 0.585. The number of aliphatic hydroxyl groups is 3. The zero-order chi connectivity index (χ0) is 16.6. The largest absolute Gasteiger partial charge is 0.344 e. The van der Waals surface area contributed by atoms with E-state index in [0.717, 1.165) is 0 Å². The van der Waals surface area contributed by atoms with Crippen LogP contribution in [0.25, 0.3) is 0 Å². The quantitative estimate of drug-likeness (QED) is 0.191. The van der Waals surface area contributed by atoms with Gasteiger partial charge in [0.25, 0.3) is 21.2 Å². The van der Waals surface area contributed by atoms with Crippen molar-refractivity contribution in [3.05, 3.63) is 30.3 Å².